The first-order chi connectivity index (χ1) is 8.04. The Hall–Kier alpha value is -1.30. The quantitative estimate of drug-likeness (QED) is 0.919. The molecule has 0 amide bonds. The molecule has 1 atom stereocenters. The van der Waals surface area contributed by atoms with Gasteiger partial charge in [0, 0.05) is 11.8 Å². The molecule has 0 fully saturated rings. The predicted molar refractivity (Wildman–Crippen MR) is 67.0 cm³/mol. The van der Waals surface area contributed by atoms with Crippen LogP contribution in [0.2, 0.25) is 0 Å². The lowest BCUT2D eigenvalue weighted by Crippen LogP contribution is -2.12. The van der Waals surface area contributed by atoms with Crippen molar-refractivity contribution in [1.82, 2.24) is 9.55 Å². The minimum atomic E-state index is -0.889. The van der Waals surface area contributed by atoms with Gasteiger partial charge in [0.25, 0.3) is 0 Å². The van der Waals surface area contributed by atoms with Crippen molar-refractivity contribution in [2.45, 2.75) is 18.7 Å². The first kappa shape index (κ1) is 12.2. The second kappa shape index (κ2) is 4.52. The zero-order valence-electron chi connectivity index (χ0n) is 9.58. The fraction of sp³-hybridized carbons (Fsp3) is 0.364. The number of nitrogen functional groups attached to an aromatic ring is 1. The minimum absolute atomic E-state index is 0.142. The van der Waals surface area contributed by atoms with Crippen LogP contribution in [0.1, 0.15) is 6.92 Å². The summed E-state index contributed by atoms with van der Waals surface area (Å²) in [6.45, 7) is 2.50. The van der Waals surface area contributed by atoms with Gasteiger partial charge >= 0.3 is 0 Å². The van der Waals surface area contributed by atoms with E-state index >= 15 is 0 Å². The maximum Gasteiger partial charge on any atom is 0.201 e. The van der Waals surface area contributed by atoms with Crippen molar-refractivity contribution in [3.63, 3.8) is 0 Å². The first-order valence-electron chi connectivity index (χ1n) is 5.17. The number of hydrogen-bond donors (Lipinski definition) is 1. The zero-order valence-corrected chi connectivity index (χ0v) is 10.4. The number of fused-ring (bicyclic) bond motifs is 1. The number of benzene rings is 1. The van der Waals surface area contributed by atoms with Gasteiger partial charge in [0.1, 0.15) is 5.52 Å². The summed E-state index contributed by atoms with van der Waals surface area (Å²) in [4.78, 5) is 4.03. The normalized spacial score (nSPS) is 13.2. The van der Waals surface area contributed by atoms with Gasteiger partial charge in [-0.05, 0) is 18.4 Å². The van der Waals surface area contributed by atoms with E-state index in [1.807, 2.05) is 13.2 Å². The zero-order chi connectivity index (χ0) is 12.6. The van der Waals surface area contributed by atoms with E-state index in [-0.39, 0.29) is 16.7 Å². The molecule has 0 saturated heterocycles. The molecular weight excluding hydrogens is 244 g/mol. The Kier molecular flexibility index (Phi) is 3.24. The summed E-state index contributed by atoms with van der Waals surface area (Å²) in [7, 11) is 0. The molecule has 0 aliphatic rings. The Morgan fingerprint density at radius 3 is 2.82 bits per heavy atom. The molecule has 1 heterocycles. The highest BCUT2D eigenvalue weighted by atomic mass is 32.2. The van der Waals surface area contributed by atoms with Crippen molar-refractivity contribution in [2.24, 2.45) is 0 Å². The number of nitrogens with two attached hydrogens (primary N) is 1. The second-order valence-corrected chi connectivity index (χ2v) is 5.13. The molecule has 2 rings (SSSR count). The van der Waals surface area contributed by atoms with E-state index in [1.165, 1.54) is 10.6 Å². The van der Waals surface area contributed by atoms with Gasteiger partial charge in [-0.2, -0.15) is 11.8 Å². The molecule has 2 aromatic rings. The number of anilines is 1. The summed E-state index contributed by atoms with van der Waals surface area (Å²) in [5.74, 6) is -1.55. The Bertz CT molecular complexity index is 553. The molecule has 6 heteroatoms. The summed E-state index contributed by atoms with van der Waals surface area (Å²) in [6, 6.07) is 2.50. The van der Waals surface area contributed by atoms with Gasteiger partial charge < -0.3 is 10.3 Å². The lowest BCUT2D eigenvalue weighted by Gasteiger charge is -2.11. The standard InChI is InChI=1S/C11H13F2N3S/c1-6(17-2)5-16-10-8(15-11(16)14)4-3-7(12)9(10)13/h3-4,6H,5H2,1-2H3,(H2,14,15). The van der Waals surface area contributed by atoms with Gasteiger partial charge in [-0.1, -0.05) is 6.92 Å². The van der Waals surface area contributed by atoms with Gasteiger partial charge in [0.2, 0.25) is 5.95 Å². The molecular formula is C11H13F2N3S. The van der Waals surface area contributed by atoms with Crippen LogP contribution in [0.15, 0.2) is 12.1 Å². The maximum absolute atomic E-state index is 13.7. The van der Waals surface area contributed by atoms with E-state index in [1.54, 1.807) is 11.8 Å². The van der Waals surface area contributed by atoms with Crippen LogP contribution in [0, 0.1) is 11.6 Å². The summed E-state index contributed by atoms with van der Waals surface area (Å²) < 4.78 is 28.4. The van der Waals surface area contributed by atoms with Gasteiger partial charge in [-0.3, -0.25) is 0 Å². The number of nitrogens with zero attached hydrogens (tertiary/aromatic N) is 2. The van der Waals surface area contributed by atoms with Crippen LogP contribution in [0.4, 0.5) is 14.7 Å². The lowest BCUT2D eigenvalue weighted by atomic mass is 10.3. The summed E-state index contributed by atoms with van der Waals surface area (Å²) in [6.07, 6.45) is 1.96. The summed E-state index contributed by atoms with van der Waals surface area (Å²) in [5, 5.41) is 0.248. The van der Waals surface area contributed by atoms with Gasteiger partial charge in [0.05, 0.1) is 5.52 Å². The SMILES string of the molecule is CSC(C)Cn1c(N)nc2ccc(F)c(F)c21. The van der Waals surface area contributed by atoms with Crippen LogP contribution in [-0.4, -0.2) is 21.1 Å². The average molecular weight is 257 g/mol. The minimum Gasteiger partial charge on any atom is -0.369 e. The molecule has 1 unspecified atom stereocenters. The van der Waals surface area contributed by atoms with Crippen LogP contribution in [0.3, 0.4) is 0 Å². The molecule has 0 saturated carbocycles. The number of hydrogen-bond acceptors (Lipinski definition) is 3. The van der Waals surface area contributed by atoms with E-state index in [4.69, 9.17) is 5.73 Å². The molecule has 17 heavy (non-hydrogen) atoms. The van der Waals surface area contributed by atoms with Crippen LogP contribution in [-0.2, 0) is 6.54 Å². The fourth-order valence-electron chi connectivity index (χ4n) is 1.69. The van der Waals surface area contributed by atoms with Gasteiger partial charge in [-0.25, -0.2) is 13.8 Å². The van der Waals surface area contributed by atoms with E-state index in [9.17, 15) is 8.78 Å². The van der Waals surface area contributed by atoms with Crippen molar-refractivity contribution in [3.8, 4) is 0 Å². The Morgan fingerprint density at radius 1 is 1.47 bits per heavy atom. The van der Waals surface area contributed by atoms with Crippen molar-refractivity contribution in [3.05, 3.63) is 23.8 Å². The smallest absolute Gasteiger partial charge is 0.201 e. The van der Waals surface area contributed by atoms with Crippen LogP contribution < -0.4 is 5.73 Å². The first-order valence-corrected chi connectivity index (χ1v) is 6.46. The van der Waals surface area contributed by atoms with E-state index in [2.05, 4.69) is 4.98 Å². The van der Waals surface area contributed by atoms with Crippen LogP contribution in [0.5, 0.6) is 0 Å². The molecule has 0 aliphatic heterocycles. The van der Waals surface area contributed by atoms with E-state index < -0.39 is 11.6 Å². The highest BCUT2D eigenvalue weighted by Crippen LogP contribution is 2.24. The third kappa shape index (κ3) is 2.09. The Morgan fingerprint density at radius 2 is 2.18 bits per heavy atom. The van der Waals surface area contributed by atoms with E-state index in [0.717, 1.165) is 6.07 Å². The van der Waals surface area contributed by atoms with Crippen molar-refractivity contribution in [1.29, 1.82) is 0 Å². The number of thioether (sulfide) groups is 1. The third-order valence-electron chi connectivity index (χ3n) is 2.67. The molecule has 1 aromatic heterocycles. The maximum atomic E-state index is 13.7. The predicted octanol–water partition coefficient (Wildman–Crippen LogP) is 2.65. The molecule has 0 radical (unpaired) electrons. The van der Waals surface area contributed by atoms with Crippen molar-refractivity contribution >= 4 is 28.7 Å². The van der Waals surface area contributed by atoms with Crippen LogP contribution in [0.25, 0.3) is 11.0 Å². The Labute approximate surface area is 102 Å². The number of halogens is 2. The van der Waals surface area contributed by atoms with Gasteiger partial charge in [0.15, 0.2) is 11.6 Å². The van der Waals surface area contributed by atoms with E-state index in [0.29, 0.717) is 12.1 Å². The topological polar surface area (TPSA) is 43.8 Å². The highest BCUT2D eigenvalue weighted by Gasteiger charge is 2.17. The van der Waals surface area contributed by atoms with Gasteiger partial charge in [-0.15, -0.1) is 0 Å². The molecule has 1 aromatic carbocycles. The summed E-state index contributed by atoms with van der Waals surface area (Å²) >= 11 is 1.63. The lowest BCUT2D eigenvalue weighted by molar-refractivity contribution is 0.511. The molecule has 0 aliphatic carbocycles. The molecule has 0 bridgehead atoms. The number of rotatable bonds is 3. The van der Waals surface area contributed by atoms with Crippen LogP contribution >= 0.6 is 11.8 Å². The molecule has 3 nitrogen and oxygen atoms in total. The van der Waals surface area contributed by atoms with Crippen molar-refractivity contribution < 1.29 is 8.78 Å². The number of imidazole rings is 1. The average Bonchev–Trinajstić information content (AvgIpc) is 2.61. The van der Waals surface area contributed by atoms with Crippen molar-refractivity contribution in [2.75, 3.05) is 12.0 Å². The molecule has 2 N–H and O–H groups in total. The molecule has 0 spiro atoms. The number of aromatic nitrogens is 2. The largest absolute Gasteiger partial charge is 0.369 e. The molecule has 92 valence electrons. The second-order valence-electron chi connectivity index (χ2n) is 3.86. The third-order valence-corrected chi connectivity index (χ3v) is 3.63. The fourth-order valence-corrected chi connectivity index (χ4v) is 1.99. The summed E-state index contributed by atoms with van der Waals surface area (Å²) in [5.41, 5.74) is 6.25. The monoisotopic (exact) mass is 257 g/mol. The Balaban J connectivity index is 2.60. The highest BCUT2D eigenvalue weighted by molar-refractivity contribution is 7.99.